The fourth-order valence-electron chi connectivity index (χ4n) is 5.55. The molecule has 0 aliphatic carbocycles. The maximum absolute atomic E-state index is 14.0. The molecule has 3 heterocycles. The lowest BCUT2D eigenvalue weighted by Gasteiger charge is -2.38. The van der Waals surface area contributed by atoms with E-state index in [0.29, 0.717) is 42.3 Å². The molecule has 12 heteroatoms. The van der Waals surface area contributed by atoms with Crippen LogP contribution < -0.4 is 11.2 Å². The molecule has 0 saturated heterocycles. The molecule has 0 aliphatic rings. The molecule has 0 amide bonds. The molecule has 1 aromatic carbocycles. The number of fused-ring (bicyclic) bond motifs is 1. The molecular formula is C29H41FN8O3. The largest absolute Gasteiger partial charge is 0.428 e. The van der Waals surface area contributed by atoms with Crippen LogP contribution in [0, 0.1) is 5.82 Å². The highest BCUT2D eigenvalue weighted by atomic mass is 19.1. The van der Waals surface area contributed by atoms with Gasteiger partial charge in [-0.1, -0.05) is 46.8 Å². The van der Waals surface area contributed by atoms with Crippen LogP contribution in [0.5, 0.6) is 0 Å². The number of benzene rings is 1. The molecule has 0 fully saturated rings. The Morgan fingerprint density at radius 1 is 0.951 bits per heavy atom. The SMILES string of the molecule is CCCn1c(=O)c2c(nc(Cc3nnco3)n2CC(N(CC)CC)N(CC)CC)n(CCc2cccc(F)c2)c1=O. The second kappa shape index (κ2) is 13.8. The molecule has 0 spiro atoms. The molecule has 4 aromatic rings. The molecular weight excluding hydrogens is 527 g/mol. The van der Waals surface area contributed by atoms with Gasteiger partial charge >= 0.3 is 5.69 Å². The predicted octanol–water partition coefficient (Wildman–Crippen LogP) is 3.14. The van der Waals surface area contributed by atoms with Gasteiger partial charge in [-0.3, -0.25) is 23.7 Å². The standard InChI is InChI=1S/C29H41FN8O3/c1-6-15-37-28(39)26-27(36(29(37)40)16-14-21-12-11-13-22(30)17-21)32-23(18-24-33-31-20-41-24)38(26)19-25(34(7-2)8-3)35(9-4)10-5/h11-13,17,20,25H,6-10,14-16,18-19H2,1-5H3. The minimum atomic E-state index is -0.418. The van der Waals surface area contributed by atoms with Crippen molar-refractivity contribution in [3.8, 4) is 0 Å². The number of hydrogen-bond donors (Lipinski definition) is 0. The fraction of sp³-hybridized carbons (Fsp3) is 0.552. The Bertz CT molecular complexity index is 1520. The average molecular weight is 569 g/mol. The minimum absolute atomic E-state index is 0.00877. The van der Waals surface area contributed by atoms with Gasteiger partial charge < -0.3 is 8.98 Å². The molecule has 4 rings (SSSR count). The third-order valence-corrected chi connectivity index (χ3v) is 7.68. The summed E-state index contributed by atoms with van der Waals surface area (Å²) in [4.78, 5) is 37.3. The van der Waals surface area contributed by atoms with Gasteiger partial charge in [0.2, 0.25) is 12.3 Å². The molecule has 3 aromatic heterocycles. The molecule has 0 radical (unpaired) electrons. The Morgan fingerprint density at radius 2 is 1.66 bits per heavy atom. The summed E-state index contributed by atoms with van der Waals surface area (Å²) in [5, 5.41) is 7.86. The van der Waals surface area contributed by atoms with Gasteiger partial charge in [0.25, 0.3) is 5.56 Å². The van der Waals surface area contributed by atoms with Crippen molar-refractivity contribution in [3.05, 3.63) is 74.6 Å². The smallest absolute Gasteiger partial charge is 0.332 e. The van der Waals surface area contributed by atoms with E-state index in [9.17, 15) is 14.0 Å². The second-order valence-electron chi connectivity index (χ2n) is 10.0. The van der Waals surface area contributed by atoms with E-state index in [0.717, 1.165) is 31.7 Å². The van der Waals surface area contributed by atoms with E-state index in [4.69, 9.17) is 9.40 Å². The summed E-state index contributed by atoms with van der Waals surface area (Å²) in [7, 11) is 0. The highest BCUT2D eigenvalue weighted by Gasteiger charge is 2.28. The summed E-state index contributed by atoms with van der Waals surface area (Å²) in [6.45, 7) is 14.8. The molecule has 0 atom stereocenters. The highest BCUT2D eigenvalue weighted by molar-refractivity contribution is 5.71. The normalized spacial score (nSPS) is 12.0. The number of halogens is 1. The monoisotopic (exact) mass is 568 g/mol. The zero-order chi connectivity index (χ0) is 29.5. The van der Waals surface area contributed by atoms with Gasteiger partial charge in [-0.05, 0) is 56.7 Å². The molecule has 0 aliphatic heterocycles. The van der Waals surface area contributed by atoms with Crippen molar-refractivity contribution < 1.29 is 8.81 Å². The number of hydrogen-bond acceptors (Lipinski definition) is 8. The van der Waals surface area contributed by atoms with Crippen molar-refractivity contribution in [1.82, 2.24) is 38.7 Å². The summed E-state index contributed by atoms with van der Waals surface area (Å²) in [5.41, 5.74) is 0.661. The van der Waals surface area contributed by atoms with E-state index in [1.165, 1.54) is 23.1 Å². The minimum Gasteiger partial charge on any atom is -0.428 e. The van der Waals surface area contributed by atoms with Gasteiger partial charge in [-0.25, -0.2) is 14.2 Å². The lowest BCUT2D eigenvalue weighted by atomic mass is 10.1. The zero-order valence-electron chi connectivity index (χ0n) is 24.7. The Labute approximate surface area is 239 Å². The average Bonchev–Trinajstić information content (AvgIpc) is 3.60. The van der Waals surface area contributed by atoms with Crippen molar-refractivity contribution in [1.29, 1.82) is 0 Å². The summed E-state index contributed by atoms with van der Waals surface area (Å²) in [5.74, 6) is 0.603. The van der Waals surface area contributed by atoms with Crippen molar-refractivity contribution in [2.24, 2.45) is 0 Å². The van der Waals surface area contributed by atoms with Crippen molar-refractivity contribution in [2.45, 2.75) is 79.7 Å². The van der Waals surface area contributed by atoms with Gasteiger partial charge in [-0.15, -0.1) is 10.2 Å². The van der Waals surface area contributed by atoms with Gasteiger partial charge in [0, 0.05) is 13.1 Å². The van der Waals surface area contributed by atoms with Gasteiger partial charge in [0.15, 0.2) is 11.2 Å². The van der Waals surface area contributed by atoms with Crippen LogP contribution in [-0.4, -0.2) is 71.0 Å². The zero-order valence-corrected chi connectivity index (χ0v) is 24.7. The maximum atomic E-state index is 14.0. The first-order valence-electron chi connectivity index (χ1n) is 14.6. The number of imidazole rings is 1. The van der Waals surface area contributed by atoms with Crippen molar-refractivity contribution in [3.63, 3.8) is 0 Å². The quantitative estimate of drug-likeness (QED) is 0.201. The third kappa shape index (κ3) is 6.48. The maximum Gasteiger partial charge on any atom is 0.332 e. The molecule has 0 unspecified atom stereocenters. The lowest BCUT2D eigenvalue weighted by Crippen LogP contribution is -2.51. The van der Waals surface area contributed by atoms with Crippen LogP contribution in [0.1, 0.15) is 58.3 Å². The van der Waals surface area contributed by atoms with E-state index >= 15 is 0 Å². The van der Waals surface area contributed by atoms with E-state index in [-0.39, 0.29) is 37.1 Å². The van der Waals surface area contributed by atoms with Gasteiger partial charge in [-0.2, -0.15) is 0 Å². The first-order valence-corrected chi connectivity index (χ1v) is 14.6. The van der Waals surface area contributed by atoms with Gasteiger partial charge in [0.05, 0.1) is 19.1 Å². The topological polar surface area (TPSA) is 107 Å². The Morgan fingerprint density at radius 3 is 2.24 bits per heavy atom. The van der Waals surface area contributed by atoms with E-state index < -0.39 is 5.69 Å². The van der Waals surface area contributed by atoms with Crippen LogP contribution >= 0.6 is 0 Å². The molecule has 11 nitrogen and oxygen atoms in total. The van der Waals surface area contributed by atoms with Crippen LogP contribution in [0.4, 0.5) is 4.39 Å². The summed E-state index contributed by atoms with van der Waals surface area (Å²) < 4.78 is 24.1. The fourth-order valence-corrected chi connectivity index (χ4v) is 5.55. The number of nitrogens with zero attached hydrogens (tertiary/aromatic N) is 8. The summed E-state index contributed by atoms with van der Waals surface area (Å²) in [6, 6.07) is 6.33. The number of aryl methyl sites for hydroxylation is 2. The molecule has 222 valence electrons. The molecule has 0 N–H and O–H groups in total. The number of likely N-dealkylation sites (N-methyl/N-ethyl adjacent to an activating group) is 2. The van der Waals surface area contributed by atoms with Crippen LogP contribution in [0.2, 0.25) is 0 Å². The highest BCUT2D eigenvalue weighted by Crippen LogP contribution is 2.19. The third-order valence-electron chi connectivity index (χ3n) is 7.68. The van der Waals surface area contributed by atoms with Crippen molar-refractivity contribution >= 4 is 11.2 Å². The Balaban J connectivity index is 1.94. The first kappa shape index (κ1) is 30.3. The van der Waals surface area contributed by atoms with Crippen LogP contribution in [0.15, 0.2) is 44.7 Å². The second-order valence-corrected chi connectivity index (χ2v) is 10.0. The Kier molecular flexibility index (Phi) is 10.2. The summed E-state index contributed by atoms with van der Waals surface area (Å²) >= 11 is 0. The first-order chi connectivity index (χ1) is 19.9. The van der Waals surface area contributed by atoms with E-state index in [2.05, 4.69) is 47.7 Å². The Hall–Kier alpha value is -3.64. The van der Waals surface area contributed by atoms with E-state index in [1.807, 2.05) is 17.6 Å². The number of aromatic nitrogens is 6. The van der Waals surface area contributed by atoms with Gasteiger partial charge in [0.1, 0.15) is 11.6 Å². The van der Waals surface area contributed by atoms with Crippen LogP contribution in [-0.2, 0) is 32.5 Å². The molecule has 41 heavy (non-hydrogen) atoms. The predicted molar refractivity (Wildman–Crippen MR) is 155 cm³/mol. The number of rotatable bonds is 15. The van der Waals surface area contributed by atoms with Crippen LogP contribution in [0.25, 0.3) is 11.2 Å². The van der Waals surface area contributed by atoms with Crippen LogP contribution in [0.3, 0.4) is 0 Å². The van der Waals surface area contributed by atoms with Crippen molar-refractivity contribution in [2.75, 3.05) is 26.2 Å². The molecule has 0 bridgehead atoms. The molecule has 0 saturated carbocycles. The summed E-state index contributed by atoms with van der Waals surface area (Å²) in [6.07, 6.45) is 2.49. The lowest BCUT2D eigenvalue weighted by molar-refractivity contribution is 0.0438. The van der Waals surface area contributed by atoms with E-state index in [1.54, 1.807) is 10.6 Å².